The van der Waals surface area contributed by atoms with Gasteiger partial charge in [0.1, 0.15) is 0 Å². The lowest BCUT2D eigenvalue weighted by Crippen LogP contribution is -2.13. The molecule has 0 amide bonds. The van der Waals surface area contributed by atoms with Crippen molar-refractivity contribution in [2.45, 2.75) is 26.2 Å². The summed E-state index contributed by atoms with van der Waals surface area (Å²) in [6, 6.07) is 5.92. The van der Waals surface area contributed by atoms with Gasteiger partial charge in [-0.2, -0.15) is 0 Å². The number of pyridine rings is 1. The van der Waals surface area contributed by atoms with Crippen molar-refractivity contribution >= 4 is 27.6 Å². The van der Waals surface area contributed by atoms with E-state index in [9.17, 15) is 9.59 Å². The predicted molar refractivity (Wildman–Crippen MR) is 78.4 cm³/mol. The van der Waals surface area contributed by atoms with Crippen LogP contribution in [0.5, 0.6) is 0 Å². The minimum Gasteiger partial charge on any atom is -0.357 e. The van der Waals surface area contributed by atoms with Crippen LogP contribution in [0.3, 0.4) is 0 Å². The third-order valence-electron chi connectivity index (χ3n) is 4.11. The zero-order valence-corrected chi connectivity index (χ0v) is 11.2. The summed E-state index contributed by atoms with van der Waals surface area (Å²) in [5.41, 5.74) is 4.08. The Hall–Kier alpha value is -2.36. The number of hydrogen-bond donors (Lipinski definition) is 2. The Balaban J connectivity index is 2.26. The molecule has 4 nitrogen and oxygen atoms in total. The van der Waals surface area contributed by atoms with Gasteiger partial charge >= 0.3 is 0 Å². The number of hydrogen-bond acceptors (Lipinski definition) is 2. The van der Waals surface area contributed by atoms with Crippen molar-refractivity contribution in [3.05, 3.63) is 45.4 Å². The molecule has 0 fully saturated rings. The van der Waals surface area contributed by atoms with E-state index in [2.05, 4.69) is 9.97 Å². The highest BCUT2D eigenvalue weighted by Crippen LogP contribution is 2.30. The topological polar surface area (TPSA) is 65.7 Å². The summed E-state index contributed by atoms with van der Waals surface area (Å²) in [4.78, 5) is 30.7. The Kier molecular flexibility index (Phi) is 2.19. The summed E-state index contributed by atoms with van der Waals surface area (Å²) in [5, 5.41) is 1.50. The first-order valence-electron chi connectivity index (χ1n) is 6.85. The molecule has 4 heteroatoms. The Morgan fingerprint density at radius 2 is 1.95 bits per heavy atom. The van der Waals surface area contributed by atoms with E-state index in [0.717, 1.165) is 40.5 Å². The molecule has 20 heavy (non-hydrogen) atoms. The maximum atomic E-state index is 12.3. The summed E-state index contributed by atoms with van der Waals surface area (Å²) in [5.74, 6) is 0.0787. The summed E-state index contributed by atoms with van der Waals surface area (Å²) in [6.45, 7) is 2.02. The molecule has 1 aliphatic rings. The average Bonchev–Trinajstić information content (AvgIpc) is 2.81. The molecule has 0 saturated carbocycles. The smallest absolute Gasteiger partial charge is 0.258 e. The Morgan fingerprint density at radius 1 is 1.10 bits per heavy atom. The van der Waals surface area contributed by atoms with Crippen LogP contribution in [-0.4, -0.2) is 15.8 Å². The minimum absolute atomic E-state index is 0.0787. The van der Waals surface area contributed by atoms with Crippen molar-refractivity contribution in [3.8, 4) is 0 Å². The monoisotopic (exact) mass is 266 g/mol. The van der Waals surface area contributed by atoms with Gasteiger partial charge in [-0.05, 0) is 31.9 Å². The molecule has 0 saturated heterocycles. The fourth-order valence-electron chi connectivity index (χ4n) is 3.19. The second kappa shape index (κ2) is 3.82. The van der Waals surface area contributed by atoms with Crippen molar-refractivity contribution in [2.75, 3.05) is 0 Å². The Labute approximate surface area is 114 Å². The first-order chi connectivity index (χ1) is 9.65. The van der Waals surface area contributed by atoms with Crippen LogP contribution in [0.25, 0.3) is 21.8 Å². The molecule has 0 aliphatic heterocycles. The molecule has 0 radical (unpaired) electrons. The third kappa shape index (κ3) is 1.42. The van der Waals surface area contributed by atoms with Gasteiger partial charge in [0.25, 0.3) is 5.56 Å². The van der Waals surface area contributed by atoms with Crippen molar-refractivity contribution in [1.82, 2.24) is 9.97 Å². The lowest BCUT2D eigenvalue weighted by atomic mass is 9.94. The number of aromatic amines is 2. The second-order valence-electron chi connectivity index (χ2n) is 5.51. The van der Waals surface area contributed by atoms with E-state index >= 15 is 0 Å². The number of Topliss-reactive ketones (excluding diaryl/α,β-unsaturated/α-hetero) is 1. The van der Waals surface area contributed by atoms with Crippen LogP contribution in [0.4, 0.5) is 0 Å². The molecule has 2 heterocycles. The van der Waals surface area contributed by atoms with E-state index in [1.54, 1.807) is 0 Å². The number of carbonyl (C=O) groups is 1. The average molecular weight is 266 g/mol. The summed E-state index contributed by atoms with van der Waals surface area (Å²) >= 11 is 0. The van der Waals surface area contributed by atoms with Crippen molar-refractivity contribution < 1.29 is 4.79 Å². The molecule has 1 aliphatic carbocycles. The number of benzene rings is 1. The maximum Gasteiger partial charge on any atom is 0.258 e. The standard InChI is InChI=1S/C16H14N2O2/c1-8-5-6-10-9(7-8)15-14(16(20)18-10)13-11(17-15)3-2-4-12(13)19/h5-7,17H,2-4H2,1H3,(H,18,20). The van der Waals surface area contributed by atoms with Crippen LogP contribution in [0.1, 0.15) is 34.5 Å². The zero-order valence-electron chi connectivity index (χ0n) is 11.2. The molecule has 2 N–H and O–H groups in total. The van der Waals surface area contributed by atoms with Gasteiger partial charge in [0.15, 0.2) is 5.78 Å². The largest absolute Gasteiger partial charge is 0.357 e. The SMILES string of the molecule is Cc1ccc2[nH]c(=O)c3c4c([nH]c3c2c1)CCCC4=O. The van der Waals surface area contributed by atoms with Crippen LogP contribution >= 0.6 is 0 Å². The van der Waals surface area contributed by atoms with E-state index in [1.165, 1.54) is 0 Å². The van der Waals surface area contributed by atoms with Gasteiger partial charge in [0.05, 0.1) is 22.0 Å². The fraction of sp³-hybridized carbons (Fsp3) is 0.250. The molecule has 3 aromatic rings. The molecule has 0 bridgehead atoms. The van der Waals surface area contributed by atoms with Crippen LogP contribution in [0.2, 0.25) is 0 Å². The molecule has 2 aromatic heterocycles. The number of rotatable bonds is 0. The lowest BCUT2D eigenvalue weighted by Gasteiger charge is -2.08. The van der Waals surface area contributed by atoms with Crippen molar-refractivity contribution in [2.24, 2.45) is 0 Å². The van der Waals surface area contributed by atoms with E-state index in [0.29, 0.717) is 17.4 Å². The summed E-state index contributed by atoms with van der Waals surface area (Å²) in [7, 11) is 0. The number of carbonyl (C=O) groups excluding carboxylic acids is 1. The summed E-state index contributed by atoms with van der Waals surface area (Å²) in [6.07, 6.45) is 2.22. The van der Waals surface area contributed by atoms with E-state index in [1.807, 2.05) is 25.1 Å². The van der Waals surface area contributed by atoms with Gasteiger partial charge in [0.2, 0.25) is 0 Å². The Morgan fingerprint density at radius 3 is 2.80 bits per heavy atom. The maximum absolute atomic E-state index is 12.3. The number of ketones is 1. The fourth-order valence-corrected chi connectivity index (χ4v) is 3.19. The quantitative estimate of drug-likeness (QED) is 0.657. The predicted octanol–water partition coefficient (Wildman–Crippen LogP) is 2.84. The second-order valence-corrected chi connectivity index (χ2v) is 5.51. The van der Waals surface area contributed by atoms with Crippen LogP contribution in [-0.2, 0) is 6.42 Å². The van der Waals surface area contributed by atoms with Gasteiger partial charge in [-0.15, -0.1) is 0 Å². The number of nitrogens with one attached hydrogen (secondary N) is 2. The van der Waals surface area contributed by atoms with Gasteiger partial charge < -0.3 is 9.97 Å². The lowest BCUT2D eigenvalue weighted by molar-refractivity contribution is 0.0974. The van der Waals surface area contributed by atoms with Gasteiger partial charge in [-0.3, -0.25) is 9.59 Å². The molecule has 0 atom stereocenters. The van der Waals surface area contributed by atoms with Crippen molar-refractivity contribution in [3.63, 3.8) is 0 Å². The molecule has 4 rings (SSSR count). The van der Waals surface area contributed by atoms with Gasteiger partial charge in [-0.25, -0.2) is 0 Å². The van der Waals surface area contributed by atoms with Crippen LogP contribution in [0.15, 0.2) is 23.0 Å². The molecular weight excluding hydrogens is 252 g/mol. The Bertz CT molecular complexity index is 931. The molecular formula is C16H14N2O2. The molecule has 0 unspecified atom stereocenters. The summed E-state index contributed by atoms with van der Waals surface area (Å²) < 4.78 is 0. The zero-order chi connectivity index (χ0) is 13.9. The minimum atomic E-state index is -0.177. The highest BCUT2D eigenvalue weighted by Gasteiger charge is 2.25. The normalized spacial score (nSPS) is 14.9. The molecule has 1 aromatic carbocycles. The number of aromatic nitrogens is 2. The number of aryl methyl sites for hydroxylation is 2. The first kappa shape index (κ1) is 11.5. The number of H-pyrrole nitrogens is 2. The number of fused-ring (bicyclic) bond motifs is 5. The van der Waals surface area contributed by atoms with Crippen molar-refractivity contribution in [1.29, 1.82) is 0 Å². The van der Waals surface area contributed by atoms with Crippen LogP contribution in [0, 0.1) is 6.92 Å². The van der Waals surface area contributed by atoms with E-state index < -0.39 is 0 Å². The van der Waals surface area contributed by atoms with E-state index in [-0.39, 0.29) is 11.3 Å². The highest BCUT2D eigenvalue weighted by molar-refractivity contribution is 6.15. The molecule has 100 valence electrons. The van der Waals surface area contributed by atoms with Gasteiger partial charge in [0, 0.05) is 17.5 Å². The third-order valence-corrected chi connectivity index (χ3v) is 4.11. The van der Waals surface area contributed by atoms with E-state index in [4.69, 9.17) is 0 Å². The van der Waals surface area contributed by atoms with Crippen LogP contribution < -0.4 is 5.56 Å². The highest BCUT2D eigenvalue weighted by atomic mass is 16.1. The first-order valence-corrected chi connectivity index (χ1v) is 6.85. The van der Waals surface area contributed by atoms with Gasteiger partial charge in [-0.1, -0.05) is 11.6 Å². The molecule has 0 spiro atoms.